The molecule has 1 unspecified atom stereocenters. The Hall–Kier alpha value is -3.72. The number of aromatic nitrogens is 2. The Kier molecular flexibility index (Phi) is 6.99. The molecule has 3 aromatic rings. The Balaban J connectivity index is 1.86. The minimum absolute atomic E-state index is 0.667. The smallest absolute Gasteiger partial charge is 0.331 e. The number of nitrogens with zero attached hydrogens (tertiary/aromatic N) is 2. The highest BCUT2D eigenvalue weighted by molar-refractivity contribution is 9.10. The number of carbonyl (C=O) groups is 3. The van der Waals surface area contributed by atoms with Crippen molar-refractivity contribution in [1.82, 2.24) is 15.1 Å². The van der Waals surface area contributed by atoms with Crippen LogP contribution in [0.2, 0.25) is 0 Å². The fraction of sp³-hybridized carbons (Fsp3) is 0.0909. The number of hydrogen-bond acceptors (Lipinski definition) is 5. The zero-order valence-electron chi connectivity index (χ0n) is 16.5. The van der Waals surface area contributed by atoms with E-state index in [1.54, 1.807) is 17.0 Å². The molecule has 0 aliphatic rings. The molecule has 0 saturated heterocycles. The van der Waals surface area contributed by atoms with Crippen LogP contribution in [0.3, 0.4) is 0 Å². The molecule has 1 heterocycles. The quantitative estimate of drug-likeness (QED) is 0.412. The predicted octanol–water partition coefficient (Wildman–Crippen LogP) is 3.44. The van der Waals surface area contributed by atoms with E-state index in [4.69, 9.17) is 10.5 Å². The van der Waals surface area contributed by atoms with E-state index in [0.29, 0.717) is 11.3 Å². The van der Waals surface area contributed by atoms with Crippen LogP contribution in [-0.2, 0) is 14.3 Å². The number of primary amides is 1. The van der Waals surface area contributed by atoms with Crippen LogP contribution in [0.25, 0.3) is 23.0 Å². The molecule has 1 aromatic heterocycles. The average molecular weight is 483 g/mol. The van der Waals surface area contributed by atoms with E-state index in [9.17, 15) is 14.4 Å². The van der Waals surface area contributed by atoms with E-state index in [1.807, 2.05) is 59.9 Å². The number of ether oxygens (including phenoxy) is 1. The molecule has 31 heavy (non-hydrogen) atoms. The van der Waals surface area contributed by atoms with Gasteiger partial charge in [-0.05, 0) is 37.3 Å². The molecule has 0 spiro atoms. The number of carbonyl (C=O) groups excluding carboxylic acids is 3. The van der Waals surface area contributed by atoms with Crippen LogP contribution in [0.5, 0.6) is 0 Å². The number of nitrogens with two attached hydrogens (primary N) is 1. The van der Waals surface area contributed by atoms with Gasteiger partial charge in [0, 0.05) is 27.9 Å². The van der Waals surface area contributed by atoms with Crippen molar-refractivity contribution in [3.8, 4) is 16.9 Å². The van der Waals surface area contributed by atoms with Crippen molar-refractivity contribution in [3.05, 3.63) is 76.9 Å². The molecule has 0 aliphatic carbocycles. The molecular formula is C22H19BrN4O4. The second kappa shape index (κ2) is 9.86. The second-order valence-electron chi connectivity index (χ2n) is 6.49. The highest BCUT2D eigenvalue weighted by Crippen LogP contribution is 2.26. The van der Waals surface area contributed by atoms with Gasteiger partial charge in [0.2, 0.25) is 0 Å². The summed E-state index contributed by atoms with van der Waals surface area (Å²) in [5, 5.41) is 6.52. The van der Waals surface area contributed by atoms with Crippen molar-refractivity contribution in [3.63, 3.8) is 0 Å². The number of benzene rings is 2. The normalized spacial score (nSPS) is 11.8. The molecule has 2 aromatic carbocycles. The van der Waals surface area contributed by atoms with Crippen molar-refractivity contribution in [2.75, 3.05) is 0 Å². The first kappa shape index (κ1) is 22.0. The zero-order valence-corrected chi connectivity index (χ0v) is 18.1. The maximum Gasteiger partial charge on any atom is 0.331 e. The maximum absolute atomic E-state index is 12.1. The van der Waals surface area contributed by atoms with Gasteiger partial charge in [-0.2, -0.15) is 5.10 Å². The van der Waals surface area contributed by atoms with Gasteiger partial charge < -0.3 is 10.5 Å². The fourth-order valence-electron chi connectivity index (χ4n) is 2.70. The molecule has 9 heteroatoms. The van der Waals surface area contributed by atoms with Crippen molar-refractivity contribution in [1.29, 1.82) is 0 Å². The molecule has 3 N–H and O–H groups in total. The van der Waals surface area contributed by atoms with Crippen LogP contribution in [0, 0.1) is 0 Å². The molecule has 3 amide bonds. The summed E-state index contributed by atoms with van der Waals surface area (Å²) in [5.74, 6) is -1.55. The maximum atomic E-state index is 12.1. The summed E-state index contributed by atoms with van der Waals surface area (Å²) in [6.07, 6.45) is 3.37. The van der Waals surface area contributed by atoms with E-state index >= 15 is 0 Å². The number of imide groups is 1. The van der Waals surface area contributed by atoms with Crippen molar-refractivity contribution >= 4 is 39.9 Å². The van der Waals surface area contributed by atoms with Gasteiger partial charge >= 0.3 is 12.0 Å². The van der Waals surface area contributed by atoms with Gasteiger partial charge in [0.15, 0.2) is 6.10 Å². The van der Waals surface area contributed by atoms with Crippen LogP contribution in [0.1, 0.15) is 12.5 Å². The number of para-hydroxylation sites is 1. The molecule has 158 valence electrons. The lowest BCUT2D eigenvalue weighted by Gasteiger charge is -2.10. The van der Waals surface area contributed by atoms with Gasteiger partial charge in [0.05, 0.1) is 11.4 Å². The zero-order chi connectivity index (χ0) is 22.4. The number of nitrogens with one attached hydrogen (secondary N) is 1. The molecule has 0 saturated carbocycles. The number of urea groups is 1. The van der Waals surface area contributed by atoms with E-state index in [-0.39, 0.29) is 0 Å². The summed E-state index contributed by atoms with van der Waals surface area (Å²) in [6, 6.07) is 16.2. The molecule has 0 aliphatic heterocycles. The monoisotopic (exact) mass is 482 g/mol. The first-order valence-electron chi connectivity index (χ1n) is 9.23. The van der Waals surface area contributed by atoms with Gasteiger partial charge in [-0.25, -0.2) is 14.3 Å². The van der Waals surface area contributed by atoms with Crippen molar-refractivity contribution < 1.29 is 19.1 Å². The van der Waals surface area contributed by atoms with E-state index in [2.05, 4.69) is 21.0 Å². The number of amides is 3. The second-order valence-corrected chi connectivity index (χ2v) is 7.40. The van der Waals surface area contributed by atoms with Crippen LogP contribution in [0.4, 0.5) is 4.79 Å². The first-order valence-corrected chi connectivity index (χ1v) is 10.0. The van der Waals surface area contributed by atoms with E-state index in [1.165, 1.54) is 13.0 Å². The average Bonchev–Trinajstić information content (AvgIpc) is 3.17. The minimum atomic E-state index is -1.18. The van der Waals surface area contributed by atoms with Gasteiger partial charge in [-0.3, -0.25) is 10.1 Å². The van der Waals surface area contributed by atoms with Crippen LogP contribution in [-0.4, -0.2) is 33.8 Å². The highest BCUT2D eigenvalue weighted by atomic mass is 79.9. The molecular weight excluding hydrogens is 464 g/mol. The lowest BCUT2D eigenvalue weighted by molar-refractivity contribution is -0.149. The third-order valence-corrected chi connectivity index (χ3v) is 4.72. The number of esters is 1. The largest absolute Gasteiger partial charge is 0.449 e. The third-order valence-electron chi connectivity index (χ3n) is 4.19. The van der Waals surface area contributed by atoms with E-state index in [0.717, 1.165) is 15.7 Å². The lowest BCUT2D eigenvalue weighted by atomic mass is 10.1. The van der Waals surface area contributed by atoms with Crippen LogP contribution < -0.4 is 11.1 Å². The minimum Gasteiger partial charge on any atom is -0.449 e. The molecule has 8 nitrogen and oxygen atoms in total. The third kappa shape index (κ3) is 5.89. The molecule has 0 radical (unpaired) electrons. The number of rotatable bonds is 6. The topological polar surface area (TPSA) is 116 Å². The summed E-state index contributed by atoms with van der Waals surface area (Å²) >= 11 is 3.42. The SMILES string of the molecule is CC(OC(=O)/C=C/c1cn(-c2ccccc2)nc1-c1ccc(Br)cc1)C(=O)NC(N)=O. The van der Waals surface area contributed by atoms with Gasteiger partial charge in [0.1, 0.15) is 0 Å². The number of hydrogen-bond donors (Lipinski definition) is 2. The van der Waals surface area contributed by atoms with Crippen molar-refractivity contribution in [2.24, 2.45) is 5.73 Å². The molecule has 1 atom stereocenters. The Morgan fingerprint density at radius 3 is 2.45 bits per heavy atom. The Morgan fingerprint density at radius 1 is 1.13 bits per heavy atom. The first-order chi connectivity index (χ1) is 14.8. The van der Waals surface area contributed by atoms with Crippen LogP contribution >= 0.6 is 15.9 Å². The van der Waals surface area contributed by atoms with E-state index < -0.39 is 24.0 Å². The van der Waals surface area contributed by atoms with Crippen LogP contribution in [0.15, 0.2) is 71.3 Å². The molecule has 3 rings (SSSR count). The molecule has 0 fully saturated rings. The summed E-state index contributed by atoms with van der Waals surface area (Å²) in [4.78, 5) is 34.6. The van der Waals surface area contributed by atoms with Gasteiger partial charge in [0.25, 0.3) is 5.91 Å². The summed E-state index contributed by atoms with van der Waals surface area (Å²) in [6.45, 7) is 1.34. The Bertz CT molecular complexity index is 1120. The number of halogens is 1. The molecule has 0 bridgehead atoms. The van der Waals surface area contributed by atoms with Gasteiger partial charge in [-0.1, -0.05) is 46.3 Å². The Labute approximate surface area is 186 Å². The predicted molar refractivity (Wildman–Crippen MR) is 119 cm³/mol. The summed E-state index contributed by atoms with van der Waals surface area (Å²) in [5.41, 5.74) is 7.96. The van der Waals surface area contributed by atoms with Crippen molar-refractivity contribution in [2.45, 2.75) is 13.0 Å². The fourth-order valence-corrected chi connectivity index (χ4v) is 2.97. The lowest BCUT2D eigenvalue weighted by Crippen LogP contribution is -2.42. The van der Waals surface area contributed by atoms with Gasteiger partial charge in [-0.15, -0.1) is 0 Å². The summed E-state index contributed by atoms with van der Waals surface area (Å²) < 4.78 is 7.66. The summed E-state index contributed by atoms with van der Waals surface area (Å²) in [7, 11) is 0. The standard InChI is InChI=1S/C22H19BrN4O4/c1-14(21(29)25-22(24)30)31-19(28)12-9-16-13-27(18-5-3-2-4-6-18)26-20(16)15-7-10-17(23)11-8-15/h2-14H,1H3,(H3,24,25,29,30)/b12-9+. The Morgan fingerprint density at radius 2 is 1.81 bits per heavy atom. The highest BCUT2D eigenvalue weighted by Gasteiger charge is 2.18.